The number of hydrogen-bond donors (Lipinski definition) is 4. The lowest BCUT2D eigenvalue weighted by Crippen LogP contribution is -2.74. The van der Waals surface area contributed by atoms with Crippen molar-refractivity contribution in [3.05, 3.63) is 94.0 Å². The number of amides is 4. The molecule has 0 aromatic heterocycles. The van der Waals surface area contributed by atoms with E-state index in [2.05, 4.69) is 55.0 Å². The lowest BCUT2D eigenvalue weighted by Gasteiger charge is -2.63. The minimum Gasteiger partial charge on any atom is -0.491 e. The van der Waals surface area contributed by atoms with E-state index in [-0.39, 0.29) is 41.9 Å². The summed E-state index contributed by atoms with van der Waals surface area (Å²) in [6.45, 7) is 17.4. The third kappa shape index (κ3) is 11.1. The van der Waals surface area contributed by atoms with Crippen molar-refractivity contribution in [3.63, 3.8) is 0 Å². The molecule has 14 nitrogen and oxygen atoms in total. The van der Waals surface area contributed by atoms with Crippen molar-refractivity contribution >= 4 is 35.2 Å². The number of likely N-dealkylation sites (tertiary alicyclic amines) is 1. The third-order valence-corrected chi connectivity index (χ3v) is 13.5. The van der Waals surface area contributed by atoms with Crippen LogP contribution in [0.1, 0.15) is 101 Å². The molecule has 4 N–H and O–H groups in total. The van der Waals surface area contributed by atoms with Crippen LogP contribution < -0.4 is 30.7 Å². The number of carbonyl (C=O) groups is 4. The molecule has 65 heavy (non-hydrogen) atoms. The average Bonchev–Trinajstić information content (AvgIpc) is 3.90. The predicted molar refractivity (Wildman–Crippen MR) is 248 cm³/mol. The van der Waals surface area contributed by atoms with Crippen molar-refractivity contribution in [2.45, 2.75) is 117 Å². The largest absolute Gasteiger partial charge is 0.491 e. The van der Waals surface area contributed by atoms with Crippen molar-refractivity contribution in [2.75, 3.05) is 40.0 Å². The van der Waals surface area contributed by atoms with Gasteiger partial charge in [0.25, 0.3) is 5.91 Å². The molecule has 350 valence electrons. The van der Waals surface area contributed by atoms with Crippen LogP contribution in [0.3, 0.4) is 0 Å². The minimum absolute atomic E-state index is 0.172. The highest BCUT2D eigenvalue weighted by atomic mass is 35.5. The van der Waals surface area contributed by atoms with Crippen LogP contribution in [-0.2, 0) is 30.3 Å². The zero-order chi connectivity index (χ0) is 47.3. The van der Waals surface area contributed by atoms with E-state index in [9.17, 15) is 24.4 Å². The number of ether oxygens (including phenoxy) is 4. The molecule has 1 saturated heterocycles. The van der Waals surface area contributed by atoms with Gasteiger partial charge in [-0.2, -0.15) is 5.26 Å². The van der Waals surface area contributed by atoms with Gasteiger partial charge in [0, 0.05) is 41.5 Å². The van der Waals surface area contributed by atoms with Crippen LogP contribution in [0.2, 0.25) is 5.02 Å². The van der Waals surface area contributed by atoms with Crippen LogP contribution in [0.4, 0.5) is 0 Å². The molecule has 1 heterocycles. The maximum atomic E-state index is 14.0. The van der Waals surface area contributed by atoms with Gasteiger partial charge in [-0.25, -0.2) is 0 Å². The van der Waals surface area contributed by atoms with Gasteiger partial charge >= 0.3 is 0 Å². The van der Waals surface area contributed by atoms with E-state index in [0.29, 0.717) is 79.9 Å². The van der Waals surface area contributed by atoms with Crippen LogP contribution in [0.25, 0.3) is 0 Å². The van der Waals surface area contributed by atoms with E-state index in [0.717, 1.165) is 11.1 Å². The predicted octanol–water partition coefficient (Wildman–Crippen LogP) is 6.15. The molecule has 0 bridgehead atoms. The molecule has 2 fully saturated rings. The van der Waals surface area contributed by atoms with Gasteiger partial charge in [0.05, 0.1) is 48.6 Å². The zero-order valence-electron chi connectivity index (χ0n) is 39.1. The van der Waals surface area contributed by atoms with Crippen molar-refractivity contribution in [1.29, 1.82) is 5.26 Å². The van der Waals surface area contributed by atoms with E-state index in [1.807, 2.05) is 45.0 Å². The maximum Gasteiger partial charge on any atom is 0.251 e. The molecule has 3 aromatic rings. The number of likely N-dealkylation sites (N-methyl/N-ethyl adjacent to an activating group) is 1. The zero-order valence-corrected chi connectivity index (χ0v) is 39.8. The van der Waals surface area contributed by atoms with Crippen molar-refractivity contribution in [1.82, 2.24) is 26.2 Å². The second-order valence-corrected chi connectivity index (χ2v) is 20.0. The van der Waals surface area contributed by atoms with Crippen molar-refractivity contribution < 1.29 is 38.1 Å². The molecule has 1 aliphatic heterocycles. The van der Waals surface area contributed by atoms with E-state index in [1.54, 1.807) is 61.3 Å². The second-order valence-electron chi connectivity index (χ2n) is 19.6. The third-order valence-electron chi connectivity index (χ3n) is 13.1. The number of nitriles is 1. The van der Waals surface area contributed by atoms with Crippen LogP contribution in [0.15, 0.2) is 66.7 Å². The fourth-order valence-electron chi connectivity index (χ4n) is 9.74. The number of carbonyl (C=O) groups excluding carboxylic acids is 4. The number of nitrogens with one attached hydrogen (secondary N) is 4. The first-order chi connectivity index (χ1) is 30.8. The fourth-order valence-corrected chi connectivity index (χ4v) is 9.95. The number of rotatable bonds is 18. The van der Waals surface area contributed by atoms with E-state index in [1.165, 1.54) is 0 Å². The Kier molecular flexibility index (Phi) is 15.6. The average molecular weight is 914 g/mol. The highest BCUT2D eigenvalue weighted by Crippen LogP contribution is 2.55. The first-order valence-corrected chi connectivity index (χ1v) is 22.9. The molecule has 2 aliphatic carbocycles. The Balaban J connectivity index is 0.944. The number of nitrogens with zero attached hydrogens (tertiary/aromatic N) is 2. The smallest absolute Gasteiger partial charge is 0.251 e. The van der Waals surface area contributed by atoms with Crippen LogP contribution in [0, 0.1) is 27.6 Å². The van der Waals surface area contributed by atoms with E-state index >= 15 is 0 Å². The summed E-state index contributed by atoms with van der Waals surface area (Å²) < 4.78 is 24.4. The van der Waals surface area contributed by atoms with Gasteiger partial charge in [-0.15, -0.1) is 0 Å². The standard InChI is InChI=1S/C50H65ClN6O8/c1-30(53-9)42(58)55-41(48(2,3)4)45(61)57-22-12-15-38(57)44(60)54-40-36-14-11-10-13-32(36)27-39(40)64-26-24-62-23-25-63-34-19-16-31(17-20-34)43(59)56-46-49(5,6)47(50(46,7)8)65-35-21-18-33(29-52)37(51)28-35/h10-11,13-14,16-21,28,30,38-41,46-47,53H,12,15,22-27H2,1-9H3,(H,54,60)(H,55,58)(H,56,59)/t30-,38?,39+,40-,41?,46-,47-/m0/s1. The van der Waals surface area contributed by atoms with Crippen LogP contribution >= 0.6 is 11.6 Å². The summed E-state index contributed by atoms with van der Waals surface area (Å²) in [6.07, 6.45) is 1.29. The molecule has 5 atom stereocenters. The summed E-state index contributed by atoms with van der Waals surface area (Å²) in [5.74, 6) is 0.203. The molecular formula is C50H65ClN6O8. The molecule has 0 radical (unpaired) electrons. The number of fused-ring (bicyclic) bond motifs is 1. The van der Waals surface area contributed by atoms with Gasteiger partial charge in [-0.3, -0.25) is 19.2 Å². The van der Waals surface area contributed by atoms with Crippen molar-refractivity contribution in [2.24, 2.45) is 16.2 Å². The summed E-state index contributed by atoms with van der Waals surface area (Å²) in [5.41, 5.74) is 1.61. The molecule has 1 saturated carbocycles. The molecule has 4 amide bonds. The molecule has 2 unspecified atom stereocenters. The van der Waals surface area contributed by atoms with Crippen molar-refractivity contribution in [3.8, 4) is 17.6 Å². The molecule has 3 aliphatic rings. The molecule has 6 rings (SSSR count). The Morgan fingerprint density at radius 2 is 1.60 bits per heavy atom. The first kappa shape index (κ1) is 49.2. The summed E-state index contributed by atoms with van der Waals surface area (Å²) >= 11 is 6.24. The highest BCUT2D eigenvalue weighted by molar-refractivity contribution is 6.31. The van der Waals surface area contributed by atoms with Gasteiger partial charge in [0.2, 0.25) is 17.7 Å². The second kappa shape index (κ2) is 20.5. The summed E-state index contributed by atoms with van der Waals surface area (Å²) in [7, 11) is 1.69. The quantitative estimate of drug-likeness (QED) is 0.108. The SMILES string of the molecule is CN[C@@H](C)C(=O)NC(C(=O)N1CCCC1C(=O)N[C@H]1c2ccccc2C[C@H]1OCCOCCOc1ccc(C(=O)N[C@H]2C(C)(C)[C@H](Oc3ccc(C#N)c(Cl)c3)C2(C)C)cc1)C(C)(C)C. The minimum atomic E-state index is -0.800. The normalized spacial score (nSPS) is 22.7. The summed E-state index contributed by atoms with van der Waals surface area (Å²) in [6, 6.07) is 19.5. The number of hydrogen-bond acceptors (Lipinski definition) is 10. The highest BCUT2D eigenvalue weighted by Gasteiger charge is 2.64. The summed E-state index contributed by atoms with van der Waals surface area (Å²) in [5, 5.41) is 21.8. The van der Waals surface area contributed by atoms with Gasteiger partial charge in [-0.05, 0) is 79.8 Å². The van der Waals surface area contributed by atoms with Gasteiger partial charge in [-0.1, -0.05) is 84.3 Å². The first-order valence-electron chi connectivity index (χ1n) is 22.5. The van der Waals surface area contributed by atoms with E-state index < -0.39 is 40.4 Å². The maximum absolute atomic E-state index is 14.0. The lowest BCUT2D eigenvalue weighted by molar-refractivity contribution is -0.164. The van der Waals surface area contributed by atoms with Crippen LogP contribution in [0.5, 0.6) is 11.5 Å². The Hall–Kier alpha value is -5.20. The number of benzene rings is 3. The Labute approximate surface area is 388 Å². The molecule has 3 aromatic carbocycles. The van der Waals surface area contributed by atoms with Gasteiger partial charge in [0.15, 0.2) is 0 Å². The van der Waals surface area contributed by atoms with Gasteiger partial charge < -0.3 is 45.1 Å². The Bertz CT molecular complexity index is 2220. The monoisotopic (exact) mass is 912 g/mol. The lowest BCUT2D eigenvalue weighted by atomic mass is 9.49. The fraction of sp³-hybridized carbons (Fsp3) is 0.540. The Morgan fingerprint density at radius 1 is 0.923 bits per heavy atom. The Morgan fingerprint density at radius 3 is 2.26 bits per heavy atom. The topological polar surface area (TPSA) is 180 Å². The van der Waals surface area contributed by atoms with E-state index in [4.69, 9.17) is 30.5 Å². The van der Waals surface area contributed by atoms with Crippen LogP contribution in [-0.4, -0.2) is 105 Å². The summed E-state index contributed by atoms with van der Waals surface area (Å²) in [4.78, 5) is 55.9. The molecule has 15 heteroatoms. The number of halogens is 1. The molecule has 0 spiro atoms. The molecular weight excluding hydrogens is 848 g/mol. The van der Waals surface area contributed by atoms with Gasteiger partial charge in [0.1, 0.15) is 42.4 Å².